The second kappa shape index (κ2) is 19.3. The average molecular weight is 931 g/mol. The molecule has 3 saturated heterocycles. The predicted octanol–water partition coefficient (Wildman–Crippen LogP) is 1.00. The van der Waals surface area contributed by atoms with Gasteiger partial charge in [0.25, 0.3) is 0 Å². The molecule has 3 aliphatic heterocycles. The molecule has 65 heavy (non-hydrogen) atoms. The lowest BCUT2D eigenvalue weighted by Crippen LogP contribution is -2.67. The molecule has 0 aromatic rings. The van der Waals surface area contributed by atoms with E-state index in [1.54, 1.807) is 0 Å². The Morgan fingerprint density at radius 3 is 1.71 bits per heavy atom. The van der Waals surface area contributed by atoms with Crippen LogP contribution in [-0.2, 0) is 28.4 Å². The summed E-state index contributed by atoms with van der Waals surface area (Å²) in [4.78, 5) is 0. The SMILES string of the molecule is CC(C)=CCC[C@](C)(O[C@@H]1O[C@H](CO)[C@@H](O)[C@H](O)[C@H]1O)[C@H]1CC[C@]2(C)[C@@H]1CC[C@@H]1[C@@]3(C)CC[C@H](O[C@@H]4O[C@H](CO)[C@@H](O)[C@H](O)[C@H]4O[C@@H]4O[C@H](CO)[C@@H](O)[C@H](O)[C@H]4O)C(C)(C)[C@@H]3CC[C@]12C. The maximum atomic E-state index is 11.4. The van der Waals surface area contributed by atoms with Crippen LogP contribution in [0.2, 0.25) is 0 Å². The van der Waals surface area contributed by atoms with Gasteiger partial charge in [0.05, 0.1) is 31.5 Å². The molecule has 0 unspecified atom stereocenters. The van der Waals surface area contributed by atoms with Gasteiger partial charge < -0.3 is 84.6 Å². The van der Waals surface area contributed by atoms with Crippen molar-refractivity contribution < 1.29 is 84.6 Å². The topological polar surface area (TPSA) is 278 Å². The Labute approximate surface area is 384 Å². The molecule has 0 amide bonds. The van der Waals surface area contributed by atoms with Crippen molar-refractivity contribution in [1.29, 1.82) is 0 Å². The zero-order valence-electron chi connectivity index (χ0n) is 39.7. The summed E-state index contributed by atoms with van der Waals surface area (Å²) in [5.41, 5.74) is -0.159. The summed E-state index contributed by atoms with van der Waals surface area (Å²) < 4.78 is 37.4. The van der Waals surface area contributed by atoms with E-state index in [4.69, 9.17) is 28.4 Å². The van der Waals surface area contributed by atoms with Crippen molar-refractivity contribution in [1.82, 2.24) is 0 Å². The Morgan fingerprint density at radius 2 is 1.12 bits per heavy atom. The molecule has 4 saturated carbocycles. The molecule has 17 nitrogen and oxygen atoms in total. The zero-order chi connectivity index (χ0) is 47.8. The van der Waals surface area contributed by atoms with Crippen LogP contribution in [0.15, 0.2) is 11.6 Å². The number of allylic oxidation sites excluding steroid dienone is 2. The molecule has 0 bridgehead atoms. The summed E-state index contributed by atoms with van der Waals surface area (Å²) >= 11 is 0. The fourth-order valence-electron chi connectivity index (χ4n) is 14.9. The minimum Gasteiger partial charge on any atom is -0.394 e. The largest absolute Gasteiger partial charge is 0.394 e. The molecule has 7 aliphatic rings. The molecule has 7 rings (SSSR count). The quantitative estimate of drug-likeness (QED) is 0.0908. The summed E-state index contributed by atoms with van der Waals surface area (Å²) in [6.07, 6.45) is -11.6. The van der Waals surface area contributed by atoms with Crippen molar-refractivity contribution in [3.8, 4) is 0 Å². The van der Waals surface area contributed by atoms with Gasteiger partial charge in [0.15, 0.2) is 18.9 Å². The Morgan fingerprint density at radius 1 is 0.585 bits per heavy atom. The van der Waals surface area contributed by atoms with E-state index >= 15 is 0 Å². The van der Waals surface area contributed by atoms with Gasteiger partial charge in [0, 0.05) is 0 Å². The minimum atomic E-state index is -1.77. The first-order valence-electron chi connectivity index (χ1n) is 24.3. The van der Waals surface area contributed by atoms with E-state index in [1.807, 2.05) is 0 Å². The van der Waals surface area contributed by atoms with Crippen LogP contribution in [0.1, 0.15) is 120 Å². The maximum absolute atomic E-state index is 11.4. The fourth-order valence-corrected chi connectivity index (χ4v) is 14.9. The summed E-state index contributed by atoms with van der Waals surface area (Å²) in [5, 5.41) is 116. The van der Waals surface area contributed by atoms with E-state index in [0.29, 0.717) is 24.7 Å². The van der Waals surface area contributed by atoms with Crippen molar-refractivity contribution in [2.24, 2.45) is 45.3 Å². The van der Waals surface area contributed by atoms with E-state index in [0.717, 1.165) is 51.4 Å². The third-order valence-electron chi connectivity index (χ3n) is 18.8. The fraction of sp³-hybridized carbons (Fsp3) is 0.958. The highest BCUT2D eigenvalue weighted by molar-refractivity contribution is 5.19. The molecule has 0 spiro atoms. The molecule has 0 radical (unpaired) electrons. The zero-order valence-corrected chi connectivity index (χ0v) is 39.7. The van der Waals surface area contributed by atoms with E-state index in [9.17, 15) is 56.2 Å². The normalized spacial score (nSPS) is 51.9. The van der Waals surface area contributed by atoms with E-state index < -0.39 is 129 Å². The van der Waals surface area contributed by atoms with Gasteiger partial charge in [-0.05, 0) is 130 Å². The van der Waals surface area contributed by atoms with E-state index in [1.165, 1.54) is 5.57 Å². The van der Waals surface area contributed by atoms with Crippen LogP contribution in [-0.4, -0.2) is 180 Å². The Balaban J connectivity index is 1.11. The van der Waals surface area contributed by atoms with E-state index in [2.05, 4.69) is 61.5 Å². The second-order valence-electron chi connectivity index (χ2n) is 22.8. The smallest absolute Gasteiger partial charge is 0.187 e. The van der Waals surface area contributed by atoms with E-state index in [-0.39, 0.29) is 28.1 Å². The Hall–Kier alpha value is -0.940. The number of hydrogen-bond acceptors (Lipinski definition) is 17. The summed E-state index contributed by atoms with van der Waals surface area (Å²) in [5.74, 6) is 0.995. The highest BCUT2D eigenvalue weighted by Crippen LogP contribution is 2.76. The van der Waals surface area contributed by atoms with Crippen LogP contribution in [0.5, 0.6) is 0 Å². The molecule has 0 aromatic heterocycles. The Kier molecular flexibility index (Phi) is 15.4. The van der Waals surface area contributed by atoms with Crippen molar-refractivity contribution in [2.75, 3.05) is 19.8 Å². The minimum absolute atomic E-state index is 0.0327. The van der Waals surface area contributed by atoms with Gasteiger partial charge in [-0.2, -0.15) is 0 Å². The molecule has 11 N–H and O–H groups in total. The van der Waals surface area contributed by atoms with Crippen LogP contribution in [0.4, 0.5) is 0 Å². The first kappa shape index (κ1) is 51.9. The molecular weight excluding hydrogens is 849 g/mol. The number of aliphatic hydroxyl groups is 11. The van der Waals surface area contributed by atoms with Crippen molar-refractivity contribution in [2.45, 2.75) is 223 Å². The molecule has 4 aliphatic carbocycles. The predicted molar refractivity (Wildman–Crippen MR) is 232 cm³/mol. The third-order valence-corrected chi connectivity index (χ3v) is 18.8. The number of ether oxygens (including phenoxy) is 6. The Bertz CT molecular complexity index is 1640. The molecule has 17 heteroatoms. The molecule has 376 valence electrons. The summed E-state index contributed by atoms with van der Waals surface area (Å²) in [6, 6.07) is 0. The van der Waals surface area contributed by atoms with Crippen molar-refractivity contribution in [3.05, 3.63) is 11.6 Å². The van der Waals surface area contributed by atoms with Gasteiger partial charge in [-0.3, -0.25) is 0 Å². The van der Waals surface area contributed by atoms with Crippen LogP contribution < -0.4 is 0 Å². The average Bonchev–Trinajstić information content (AvgIpc) is 3.63. The lowest BCUT2D eigenvalue weighted by molar-refractivity contribution is -0.378. The number of fused-ring (bicyclic) bond motifs is 5. The van der Waals surface area contributed by atoms with Gasteiger partial charge in [-0.15, -0.1) is 0 Å². The standard InChI is InChI=1S/C48H82O17/c1-23(2)10-9-16-48(8,65-42-39(59)36(56)33(53)27(21-50)61-42)25-13-18-46(6)24(25)11-12-30-45(5)17-15-31(44(3,4)29(45)14-19-47(30,46)7)63-43-40(37(57)34(54)28(22-51)62-43)64-41-38(58)35(55)32(52)26(20-49)60-41/h10,24-43,49-59H,9,11-22H2,1-8H3/t24-,25+,26-,27-,28-,29+,30-,31+,32-,33-,34-,35+,36+,37+,38-,39-,40-,41+,42+,43+,45+,46-,47-,48+/m1/s1. The molecule has 0 aromatic carbocycles. The molecule has 3 heterocycles. The summed E-state index contributed by atoms with van der Waals surface area (Å²) in [6.45, 7) is 16.3. The second-order valence-corrected chi connectivity index (χ2v) is 22.8. The van der Waals surface area contributed by atoms with Gasteiger partial charge in [0.1, 0.15) is 73.2 Å². The molecular formula is C48H82O17. The van der Waals surface area contributed by atoms with Crippen molar-refractivity contribution >= 4 is 0 Å². The molecule has 7 fully saturated rings. The lowest BCUT2D eigenvalue weighted by Gasteiger charge is -2.70. The number of aliphatic hydroxyl groups excluding tert-OH is 11. The highest BCUT2D eigenvalue weighted by Gasteiger charge is 2.70. The van der Waals surface area contributed by atoms with Crippen LogP contribution >= 0.6 is 0 Å². The van der Waals surface area contributed by atoms with Gasteiger partial charge >= 0.3 is 0 Å². The third kappa shape index (κ3) is 8.84. The maximum Gasteiger partial charge on any atom is 0.187 e. The van der Waals surface area contributed by atoms with Crippen LogP contribution in [0.3, 0.4) is 0 Å². The van der Waals surface area contributed by atoms with Crippen LogP contribution in [0.25, 0.3) is 0 Å². The van der Waals surface area contributed by atoms with Gasteiger partial charge in [-0.1, -0.05) is 46.3 Å². The van der Waals surface area contributed by atoms with Gasteiger partial charge in [-0.25, -0.2) is 0 Å². The van der Waals surface area contributed by atoms with Crippen molar-refractivity contribution in [3.63, 3.8) is 0 Å². The first-order chi connectivity index (χ1) is 30.4. The lowest BCUT2D eigenvalue weighted by atomic mass is 9.35. The number of rotatable bonds is 13. The van der Waals surface area contributed by atoms with Gasteiger partial charge in [0.2, 0.25) is 0 Å². The monoisotopic (exact) mass is 931 g/mol. The highest BCUT2D eigenvalue weighted by atomic mass is 16.8. The summed E-state index contributed by atoms with van der Waals surface area (Å²) in [7, 11) is 0. The van der Waals surface area contributed by atoms with Crippen LogP contribution in [0, 0.1) is 45.3 Å². The number of hydrogen-bond donors (Lipinski definition) is 11. The molecule has 24 atom stereocenters. The first-order valence-corrected chi connectivity index (χ1v) is 24.3.